The highest BCUT2D eigenvalue weighted by Gasteiger charge is 2.36. The van der Waals surface area contributed by atoms with E-state index in [1.165, 1.54) is 6.07 Å². The van der Waals surface area contributed by atoms with Crippen molar-refractivity contribution in [1.29, 1.82) is 0 Å². The Hall–Kier alpha value is -0.990. The zero-order chi connectivity index (χ0) is 13.4. The highest BCUT2D eigenvalue weighted by molar-refractivity contribution is 5.42. The molecule has 95 valence electrons. The van der Waals surface area contributed by atoms with Crippen molar-refractivity contribution in [1.82, 2.24) is 0 Å². The van der Waals surface area contributed by atoms with E-state index in [1.54, 1.807) is 32.9 Å². The van der Waals surface area contributed by atoms with Crippen molar-refractivity contribution in [2.45, 2.75) is 46.2 Å². The van der Waals surface area contributed by atoms with Gasteiger partial charge in [0.25, 0.3) is 0 Å². The fourth-order valence-corrected chi connectivity index (χ4v) is 1.74. The number of hydrogen-bond acceptors (Lipinski definition) is 0. The van der Waals surface area contributed by atoms with E-state index >= 15 is 0 Å². The molecule has 0 spiro atoms. The van der Waals surface area contributed by atoms with E-state index in [9.17, 15) is 13.2 Å². The van der Waals surface area contributed by atoms with Gasteiger partial charge < -0.3 is 0 Å². The molecule has 1 aromatic carbocycles. The van der Waals surface area contributed by atoms with E-state index in [2.05, 4.69) is 0 Å². The number of benzene rings is 1. The van der Waals surface area contributed by atoms with Crippen LogP contribution in [0.4, 0.5) is 13.2 Å². The van der Waals surface area contributed by atoms with Gasteiger partial charge in [0, 0.05) is 0 Å². The van der Waals surface area contributed by atoms with Gasteiger partial charge in [-0.1, -0.05) is 46.8 Å². The third kappa shape index (κ3) is 3.24. The minimum atomic E-state index is -4.30. The lowest BCUT2D eigenvalue weighted by Gasteiger charge is -2.25. The SMILES string of the molecule is C[C](C)c1ccc(C(C)(C)C)c(C(F)(F)F)c1. The summed E-state index contributed by atoms with van der Waals surface area (Å²) in [6.45, 7) is 9.00. The topological polar surface area (TPSA) is 0 Å². The van der Waals surface area contributed by atoms with Crippen molar-refractivity contribution in [2.24, 2.45) is 0 Å². The Kier molecular flexibility index (Phi) is 3.60. The third-order valence-corrected chi connectivity index (χ3v) is 2.71. The Morgan fingerprint density at radius 1 is 0.941 bits per heavy atom. The minimum absolute atomic E-state index is 0.343. The molecule has 0 amide bonds. The fraction of sp³-hybridized carbons (Fsp3) is 0.500. The van der Waals surface area contributed by atoms with Crippen LogP contribution in [0.3, 0.4) is 0 Å². The molecular weight excluding hydrogens is 225 g/mol. The summed E-state index contributed by atoms with van der Waals surface area (Å²) < 4.78 is 39.0. The molecule has 0 aliphatic heterocycles. The number of hydrogen-bond donors (Lipinski definition) is 0. The largest absolute Gasteiger partial charge is 0.416 e. The Bertz CT molecular complexity index is 395. The first kappa shape index (κ1) is 14.1. The molecule has 0 saturated carbocycles. The average Bonchev–Trinajstić information content (AvgIpc) is 2.14. The van der Waals surface area contributed by atoms with Crippen LogP contribution in [-0.2, 0) is 11.6 Å². The van der Waals surface area contributed by atoms with E-state index in [-0.39, 0.29) is 0 Å². The second-order valence-electron chi connectivity index (χ2n) is 5.51. The summed E-state index contributed by atoms with van der Waals surface area (Å²) in [6, 6.07) is 4.59. The molecule has 0 aromatic heterocycles. The summed E-state index contributed by atoms with van der Waals surface area (Å²) in [4.78, 5) is 0. The summed E-state index contributed by atoms with van der Waals surface area (Å²) in [7, 11) is 0. The maximum Gasteiger partial charge on any atom is 0.416 e. The van der Waals surface area contributed by atoms with Crippen LogP contribution in [0.5, 0.6) is 0 Å². The quantitative estimate of drug-likeness (QED) is 0.653. The van der Waals surface area contributed by atoms with Gasteiger partial charge in [-0.15, -0.1) is 0 Å². The maximum absolute atomic E-state index is 13.0. The molecular formula is C14H18F3. The van der Waals surface area contributed by atoms with Crippen LogP contribution in [0.1, 0.15) is 51.3 Å². The van der Waals surface area contributed by atoms with Gasteiger partial charge in [0.1, 0.15) is 0 Å². The number of alkyl halides is 3. The molecule has 1 aromatic rings. The normalized spacial score (nSPS) is 13.2. The fourth-order valence-electron chi connectivity index (χ4n) is 1.74. The van der Waals surface area contributed by atoms with Crippen molar-refractivity contribution in [2.75, 3.05) is 0 Å². The smallest absolute Gasteiger partial charge is 0.166 e. The first-order valence-corrected chi connectivity index (χ1v) is 5.55. The van der Waals surface area contributed by atoms with Gasteiger partial charge in [-0.3, -0.25) is 0 Å². The Morgan fingerprint density at radius 2 is 1.47 bits per heavy atom. The zero-order valence-electron chi connectivity index (χ0n) is 10.9. The molecule has 0 aliphatic carbocycles. The highest BCUT2D eigenvalue weighted by atomic mass is 19.4. The van der Waals surface area contributed by atoms with Crippen LogP contribution in [0.25, 0.3) is 0 Å². The lowest BCUT2D eigenvalue weighted by molar-refractivity contribution is -0.138. The predicted molar refractivity (Wildman–Crippen MR) is 63.8 cm³/mol. The van der Waals surface area contributed by atoms with Crippen molar-refractivity contribution in [3.8, 4) is 0 Å². The Labute approximate surface area is 101 Å². The number of rotatable bonds is 1. The molecule has 0 aliphatic rings. The van der Waals surface area contributed by atoms with Crippen molar-refractivity contribution in [3.63, 3.8) is 0 Å². The summed E-state index contributed by atoms with van der Waals surface area (Å²) in [5.41, 5.74) is -0.0468. The van der Waals surface area contributed by atoms with Crippen molar-refractivity contribution in [3.05, 3.63) is 40.8 Å². The molecule has 0 bridgehead atoms. The standard InChI is InChI=1S/C14H18F3/c1-9(2)10-6-7-11(13(3,4)5)12(8-10)14(15,16)17/h6-8H,1-5H3. The molecule has 0 unspecified atom stereocenters. The van der Waals surface area contributed by atoms with Crippen LogP contribution < -0.4 is 0 Å². The van der Waals surface area contributed by atoms with Crippen LogP contribution in [0.2, 0.25) is 0 Å². The number of halogens is 3. The maximum atomic E-state index is 13.0. The van der Waals surface area contributed by atoms with Gasteiger partial charge in [-0.25, -0.2) is 0 Å². The lowest BCUT2D eigenvalue weighted by Crippen LogP contribution is -2.20. The van der Waals surface area contributed by atoms with Crippen LogP contribution in [0, 0.1) is 5.92 Å². The minimum Gasteiger partial charge on any atom is -0.166 e. The molecule has 3 heteroatoms. The first-order valence-electron chi connectivity index (χ1n) is 5.55. The second kappa shape index (κ2) is 4.35. The molecule has 0 heterocycles. The zero-order valence-corrected chi connectivity index (χ0v) is 10.9. The molecule has 1 radical (unpaired) electrons. The molecule has 0 fully saturated rings. The van der Waals surface area contributed by atoms with Crippen molar-refractivity contribution >= 4 is 0 Å². The average molecular weight is 243 g/mol. The monoisotopic (exact) mass is 243 g/mol. The summed E-state index contributed by atoms with van der Waals surface area (Å²) in [5, 5.41) is 0. The lowest BCUT2D eigenvalue weighted by atomic mass is 9.82. The summed E-state index contributed by atoms with van der Waals surface area (Å²) in [6.07, 6.45) is -4.30. The van der Waals surface area contributed by atoms with Crippen LogP contribution in [-0.4, -0.2) is 0 Å². The summed E-state index contributed by atoms with van der Waals surface area (Å²) >= 11 is 0. The van der Waals surface area contributed by atoms with E-state index in [1.807, 2.05) is 13.8 Å². The first-order chi connectivity index (χ1) is 7.53. The molecule has 0 N–H and O–H groups in total. The molecule has 0 atom stereocenters. The van der Waals surface area contributed by atoms with E-state index in [0.717, 1.165) is 5.92 Å². The highest BCUT2D eigenvalue weighted by Crippen LogP contribution is 2.38. The predicted octanol–water partition coefficient (Wildman–Crippen LogP) is 4.97. The van der Waals surface area contributed by atoms with Gasteiger partial charge in [-0.2, -0.15) is 13.2 Å². The van der Waals surface area contributed by atoms with Gasteiger partial charge in [0.05, 0.1) is 5.56 Å². The van der Waals surface area contributed by atoms with Crippen LogP contribution >= 0.6 is 0 Å². The molecule has 17 heavy (non-hydrogen) atoms. The third-order valence-electron chi connectivity index (χ3n) is 2.71. The Balaban J connectivity index is 3.43. The van der Waals surface area contributed by atoms with Gasteiger partial charge >= 0.3 is 6.18 Å². The van der Waals surface area contributed by atoms with Gasteiger partial charge in [-0.05, 0) is 28.5 Å². The van der Waals surface area contributed by atoms with Gasteiger partial charge in [0.2, 0.25) is 0 Å². The van der Waals surface area contributed by atoms with Gasteiger partial charge in [0.15, 0.2) is 0 Å². The summed E-state index contributed by atoms with van der Waals surface area (Å²) in [5.74, 6) is 0.885. The van der Waals surface area contributed by atoms with Crippen LogP contribution in [0.15, 0.2) is 18.2 Å². The van der Waals surface area contributed by atoms with E-state index in [0.29, 0.717) is 11.1 Å². The second-order valence-corrected chi connectivity index (χ2v) is 5.51. The Morgan fingerprint density at radius 3 is 1.82 bits per heavy atom. The van der Waals surface area contributed by atoms with E-state index in [4.69, 9.17) is 0 Å². The molecule has 0 nitrogen and oxygen atoms in total. The van der Waals surface area contributed by atoms with E-state index < -0.39 is 17.2 Å². The van der Waals surface area contributed by atoms with Crippen molar-refractivity contribution < 1.29 is 13.2 Å². The molecule has 0 saturated heterocycles. The molecule has 1 rings (SSSR count).